The Morgan fingerprint density at radius 3 is 2.62 bits per heavy atom. The number of carboxylic acid groups (broad SMARTS) is 1. The standard InChI is InChI=1S/C23H23Cl2FN6O2/c1-30-8-10-31(11-9-30)20-5-3-17(13-19(20)26)28-22-27-7-6-21(29-22)32(23(33)34)14-15-12-16(24)2-4-18(15)25/h2-7,12-13H,8-11,14H2,1H3,(H,33,34)(H,27,28,29). The van der Waals surface area contributed by atoms with Gasteiger partial charge in [-0.15, -0.1) is 0 Å². The van der Waals surface area contributed by atoms with Crippen molar-refractivity contribution >= 4 is 52.4 Å². The maximum atomic E-state index is 14.8. The molecule has 0 atom stereocenters. The molecule has 0 spiro atoms. The monoisotopic (exact) mass is 504 g/mol. The third kappa shape index (κ3) is 5.67. The van der Waals surface area contributed by atoms with E-state index < -0.39 is 6.09 Å². The van der Waals surface area contributed by atoms with Crippen LogP contribution in [0.3, 0.4) is 0 Å². The van der Waals surface area contributed by atoms with Crippen LogP contribution in [0, 0.1) is 5.82 Å². The van der Waals surface area contributed by atoms with Gasteiger partial charge in [0.25, 0.3) is 0 Å². The van der Waals surface area contributed by atoms with Crippen LogP contribution in [0.4, 0.5) is 32.3 Å². The van der Waals surface area contributed by atoms with Gasteiger partial charge in [-0.25, -0.2) is 14.2 Å². The highest BCUT2D eigenvalue weighted by molar-refractivity contribution is 6.33. The number of carbonyl (C=O) groups is 1. The van der Waals surface area contributed by atoms with Crippen molar-refractivity contribution in [3.63, 3.8) is 0 Å². The second-order valence-electron chi connectivity index (χ2n) is 7.92. The first-order valence-corrected chi connectivity index (χ1v) is 11.3. The molecule has 1 amide bonds. The lowest BCUT2D eigenvalue weighted by Crippen LogP contribution is -2.44. The molecule has 1 aromatic heterocycles. The first-order chi connectivity index (χ1) is 16.3. The summed E-state index contributed by atoms with van der Waals surface area (Å²) in [7, 11) is 2.05. The molecule has 0 aliphatic carbocycles. The molecule has 34 heavy (non-hydrogen) atoms. The van der Waals surface area contributed by atoms with Gasteiger partial charge in [-0.3, -0.25) is 4.90 Å². The Hall–Kier alpha value is -3.14. The summed E-state index contributed by atoms with van der Waals surface area (Å²) in [5.74, 6) is -0.0864. The van der Waals surface area contributed by atoms with Gasteiger partial charge in [0.1, 0.15) is 11.6 Å². The highest BCUT2D eigenvalue weighted by Gasteiger charge is 2.20. The highest BCUT2D eigenvalue weighted by Crippen LogP contribution is 2.27. The van der Waals surface area contributed by atoms with Crippen molar-refractivity contribution in [2.75, 3.05) is 48.3 Å². The molecule has 8 nitrogen and oxygen atoms in total. The zero-order valence-corrected chi connectivity index (χ0v) is 19.9. The molecule has 178 valence electrons. The van der Waals surface area contributed by atoms with E-state index in [1.165, 1.54) is 18.3 Å². The number of nitrogens with one attached hydrogen (secondary N) is 1. The molecule has 1 aliphatic heterocycles. The molecule has 0 radical (unpaired) electrons. The van der Waals surface area contributed by atoms with Gasteiger partial charge in [-0.2, -0.15) is 4.98 Å². The van der Waals surface area contributed by atoms with E-state index in [2.05, 4.69) is 20.2 Å². The van der Waals surface area contributed by atoms with Crippen molar-refractivity contribution in [2.45, 2.75) is 6.54 Å². The number of hydrogen-bond donors (Lipinski definition) is 2. The molecule has 1 fully saturated rings. The Balaban J connectivity index is 1.52. The second-order valence-corrected chi connectivity index (χ2v) is 8.77. The molecule has 1 aliphatic rings. The summed E-state index contributed by atoms with van der Waals surface area (Å²) in [5, 5.41) is 13.5. The predicted octanol–water partition coefficient (Wildman–Crippen LogP) is 5.10. The number of aromatic nitrogens is 2. The fraction of sp³-hybridized carbons (Fsp3) is 0.261. The van der Waals surface area contributed by atoms with E-state index in [1.807, 2.05) is 11.9 Å². The van der Waals surface area contributed by atoms with Crippen molar-refractivity contribution in [3.05, 3.63) is 70.1 Å². The molecule has 2 N–H and O–H groups in total. The van der Waals surface area contributed by atoms with Gasteiger partial charge in [-0.05, 0) is 55.1 Å². The molecule has 0 unspecified atom stereocenters. The molecule has 2 aromatic carbocycles. The quantitative estimate of drug-likeness (QED) is 0.482. The highest BCUT2D eigenvalue weighted by atomic mass is 35.5. The summed E-state index contributed by atoms with van der Waals surface area (Å²) in [4.78, 5) is 25.6. The van der Waals surface area contributed by atoms with Crippen molar-refractivity contribution in [1.29, 1.82) is 0 Å². The summed E-state index contributed by atoms with van der Waals surface area (Å²) in [6.45, 7) is 3.21. The van der Waals surface area contributed by atoms with E-state index in [1.54, 1.807) is 30.3 Å². The lowest BCUT2D eigenvalue weighted by Gasteiger charge is -2.34. The van der Waals surface area contributed by atoms with E-state index in [-0.39, 0.29) is 24.1 Å². The maximum Gasteiger partial charge on any atom is 0.413 e. The van der Waals surface area contributed by atoms with Crippen LogP contribution in [0.15, 0.2) is 48.7 Å². The minimum Gasteiger partial charge on any atom is -0.465 e. The Morgan fingerprint density at radius 1 is 1.15 bits per heavy atom. The molecule has 2 heterocycles. The average Bonchev–Trinajstić information content (AvgIpc) is 2.80. The van der Waals surface area contributed by atoms with Gasteiger partial charge >= 0.3 is 6.09 Å². The van der Waals surface area contributed by atoms with Gasteiger partial charge < -0.3 is 20.2 Å². The zero-order valence-electron chi connectivity index (χ0n) is 18.4. The molecule has 3 aromatic rings. The lowest BCUT2D eigenvalue weighted by molar-refractivity contribution is 0.201. The fourth-order valence-electron chi connectivity index (χ4n) is 3.66. The zero-order chi connectivity index (χ0) is 24.2. The fourth-order valence-corrected chi connectivity index (χ4v) is 4.03. The normalized spacial score (nSPS) is 14.2. The predicted molar refractivity (Wildman–Crippen MR) is 132 cm³/mol. The van der Waals surface area contributed by atoms with Crippen molar-refractivity contribution in [1.82, 2.24) is 14.9 Å². The Morgan fingerprint density at radius 2 is 1.91 bits per heavy atom. The topological polar surface area (TPSA) is 84.8 Å². The minimum atomic E-state index is -1.22. The number of amides is 1. The van der Waals surface area contributed by atoms with Gasteiger partial charge in [0.15, 0.2) is 0 Å². The molecule has 0 bridgehead atoms. The van der Waals surface area contributed by atoms with Gasteiger partial charge in [-0.1, -0.05) is 23.2 Å². The largest absolute Gasteiger partial charge is 0.465 e. The van der Waals surface area contributed by atoms with Crippen molar-refractivity contribution < 1.29 is 14.3 Å². The maximum absolute atomic E-state index is 14.8. The Kier molecular flexibility index (Phi) is 7.35. The SMILES string of the molecule is CN1CCN(c2ccc(Nc3nccc(N(Cc4cc(Cl)ccc4Cl)C(=O)O)n3)cc2F)CC1. The van der Waals surface area contributed by atoms with Crippen LogP contribution in [-0.4, -0.2) is 59.3 Å². The van der Waals surface area contributed by atoms with Crippen LogP contribution in [0.5, 0.6) is 0 Å². The van der Waals surface area contributed by atoms with Crippen LogP contribution >= 0.6 is 23.2 Å². The number of likely N-dealkylation sites (N-methyl/N-ethyl adjacent to an activating group) is 1. The number of hydrogen-bond acceptors (Lipinski definition) is 6. The third-order valence-electron chi connectivity index (χ3n) is 5.53. The van der Waals surface area contributed by atoms with E-state index >= 15 is 0 Å². The van der Waals surface area contributed by atoms with Crippen molar-refractivity contribution in [3.8, 4) is 0 Å². The van der Waals surface area contributed by atoms with Gasteiger partial charge in [0.05, 0.1) is 12.2 Å². The summed E-state index contributed by atoms with van der Waals surface area (Å²) < 4.78 is 14.8. The van der Waals surface area contributed by atoms with E-state index in [9.17, 15) is 14.3 Å². The number of anilines is 4. The van der Waals surface area contributed by atoms with E-state index in [0.717, 1.165) is 31.1 Å². The molecule has 0 saturated carbocycles. The molecule has 1 saturated heterocycles. The smallest absolute Gasteiger partial charge is 0.413 e. The summed E-state index contributed by atoms with van der Waals surface area (Å²) >= 11 is 12.2. The van der Waals surface area contributed by atoms with E-state index in [0.29, 0.717) is 27.0 Å². The number of rotatable bonds is 6. The van der Waals surface area contributed by atoms with Crippen LogP contribution in [0.25, 0.3) is 0 Å². The Labute approximate surface area is 206 Å². The second kappa shape index (κ2) is 10.4. The van der Waals surface area contributed by atoms with Crippen LogP contribution in [-0.2, 0) is 6.54 Å². The first-order valence-electron chi connectivity index (χ1n) is 10.6. The van der Waals surface area contributed by atoms with Crippen molar-refractivity contribution in [2.24, 2.45) is 0 Å². The van der Waals surface area contributed by atoms with E-state index in [4.69, 9.17) is 23.2 Å². The third-order valence-corrected chi connectivity index (χ3v) is 6.14. The van der Waals surface area contributed by atoms with Crippen LogP contribution in [0.1, 0.15) is 5.56 Å². The Bertz CT molecular complexity index is 1190. The molecule has 11 heteroatoms. The number of benzene rings is 2. The van der Waals surface area contributed by atoms with Crippen LogP contribution < -0.4 is 15.1 Å². The lowest BCUT2D eigenvalue weighted by atomic mass is 10.2. The van der Waals surface area contributed by atoms with Gasteiger partial charge in [0.2, 0.25) is 5.95 Å². The molecular weight excluding hydrogens is 482 g/mol. The van der Waals surface area contributed by atoms with Crippen LogP contribution in [0.2, 0.25) is 10.0 Å². The average molecular weight is 505 g/mol. The first kappa shape index (κ1) is 24.0. The van der Waals surface area contributed by atoms with Gasteiger partial charge in [0, 0.05) is 48.1 Å². The minimum absolute atomic E-state index is 0.0560. The molecule has 4 rings (SSSR count). The summed E-state index contributed by atoms with van der Waals surface area (Å²) in [6, 6.07) is 11.1. The summed E-state index contributed by atoms with van der Waals surface area (Å²) in [5.41, 5.74) is 1.53. The number of piperazine rings is 1. The summed E-state index contributed by atoms with van der Waals surface area (Å²) in [6.07, 6.45) is 0.207. The molecular formula is C23H23Cl2FN6O2. The number of nitrogens with zero attached hydrogens (tertiary/aromatic N) is 5. The number of halogens is 3.